The maximum atomic E-state index is 6.04. The Morgan fingerprint density at radius 2 is 1.67 bits per heavy atom. The topological polar surface area (TPSA) is 38.0 Å². The molecule has 0 aromatic heterocycles. The molecule has 2 fully saturated rings. The molecular weight excluding hydrogens is 148 g/mol. The molecule has 0 amide bonds. The molecule has 0 radical (unpaired) electrons. The first kappa shape index (κ1) is 8.52. The second-order valence-corrected chi connectivity index (χ2v) is 4.35. The third-order valence-corrected chi connectivity index (χ3v) is 3.37. The molecule has 2 atom stereocenters. The molecule has 2 aliphatic rings. The van der Waals surface area contributed by atoms with Crippen LogP contribution in [0.15, 0.2) is 0 Å². The summed E-state index contributed by atoms with van der Waals surface area (Å²) in [5, 5.41) is 3.68. The number of hydrogen-bond acceptors (Lipinski definition) is 2. The van der Waals surface area contributed by atoms with Gasteiger partial charge in [0.2, 0.25) is 0 Å². The van der Waals surface area contributed by atoms with Crippen LogP contribution in [0.4, 0.5) is 0 Å². The Labute approximate surface area is 74.9 Å². The van der Waals surface area contributed by atoms with E-state index in [-0.39, 0.29) is 0 Å². The molecule has 2 heteroatoms. The van der Waals surface area contributed by atoms with Crippen LogP contribution in [0.5, 0.6) is 0 Å². The van der Waals surface area contributed by atoms with Crippen LogP contribution >= 0.6 is 0 Å². The molecule has 2 rings (SSSR count). The van der Waals surface area contributed by atoms with Crippen molar-refractivity contribution >= 4 is 0 Å². The summed E-state index contributed by atoms with van der Waals surface area (Å²) >= 11 is 0. The number of nitrogens with one attached hydrogen (secondary N) is 1. The summed E-state index contributed by atoms with van der Waals surface area (Å²) in [6, 6.07) is 1.86. The van der Waals surface area contributed by atoms with Crippen molar-refractivity contribution in [2.45, 2.75) is 63.1 Å². The number of hydrogen-bond donors (Lipinski definition) is 2. The van der Waals surface area contributed by atoms with Crippen molar-refractivity contribution in [2.24, 2.45) is 5.73 Å². The van der Waals surface area contributed by atoms with E-state index in [4.69, 9.17) is 5.73 Å². The Balaban J connectivity index is 1.76. The highest BCUT2D eigenvalue weighted by atomic mass is 15.0. The van der Waals surface area contributed by atoms with Crippen LogP contribution in [0.1, 0.15) is 44.9 Å². The molecule has 0 heterocycles. The lowest BCUT2D eigenvalue weighted by Crippen LogP contribution is -2.52. The summed E-state index contributed by atoms with van der Waals surface area (Å²) in [6.45, 7) is 0. The number of nitrogens with two attached hydrogens (primary N) is 1. The lowest BCUT2D eigenvalue weighted by atomic mass is 9.87. The van der Waals surface area contributed by atoms with Crippen LogP contribution in [0.3, 0.4) is 0 Å². The van der Waals surface area contributed by atoms with Gasteiger partial charge in [-0.25, -0.2) is 0 Å². The normalized spacial score (nSPS) is 37.8. The summed E-state index contributed by atoms with van der Waals surface area (Å²) in [4.78, 5) is 0. The predicted octanol–water partition coefficient (Wildman–Crippen LogP) is 1.40. The molecule has 70 valence electrons. The molecular formula is C10H20N2. The van der Waals surface area contributed by atoms with Gasteiger partial charge >= 0.3 is 0 Å². The third-order valence-electron chi connectivity index (χ3n) is 3.37. The van der Waals surface area contributed by atoms with Crippen molar-refractivity contribution in [1.29, 1.82) is 0 Å². The Hall–Kier alpha value is -0.0800. The smallest absolute Gasteiger partial charge is 0.0221 e. The molecule has 0 aliphatic heterocycles. The fourth-order valence-electron chi connectivity index (χ4n) is 2.24. The van der Waals surface area contributed by atoms with Crippen molar-refractivity contribution in [1.82, 2.24) is 5.32 Å². The monoisotopic (exact) mass is 168 g/mol. The fraction of sp³-hybridized carbons (Fsp3) is 1.00. The van der Waals surface area contributed by atoms with Gasteiger partial charge in [0.15, 0.2) is 0 Å². The first-order valence-corrected chi connectivity index (χ1v) is 5.38. The van der Waals surface area contributed by atoms with Crippen molar-refractivity contribution in [3.63, 3.8) is 0 Å². The molecule has 2 unspecified atom stereocenters. The van der Waals surface area contributed by atoms with Gasteiger partial charge in [-0.3, -0.25) is 0 Å². The minimum Gasteiger partial charge on any atom is -0.326 e. The quantitative estimate of drug-likeness (QED) is 0.654. The largest absolute Gasteiger partial charge is 0.326 e. The molecule has 2 aliphatic carbocycles. The SMILES string of the molecule is NC1CCCCC1NC1CCC1. The Morgan fingerprint density at radius 3 is 2.25 bits per heavy atom. The first-order chi connectivity index (χ1) is 5.86. The van der Waals surface area contributed by atoms with Gasteiger partial charge in [-0.05, 0) is 25.7 Å². The van der Waals surface area contributed by atoms with Crippen molar-refractivity contribution < 1.29 is 0 Å². The molecule has 2 nitrogen and oxygen atoms in total. The average Bonchev–Trinajstić information content (AvgIpc) is 2.00. The summed E-state index contributed by atoms with van der Waals surface area (Å²) in [6.07, 6.45) is 9.41. The molecule has 0 aromatic carbocycles. The van der Waals surface area contributed by atoms with Crippen molar-refractivity contribution in [3.8, 4) is 0 Å². The molecule has 0 bridgehead atoms. The van der Waals surface area contributed by atoms with E-state index in [0.717, 1.165) is 6.04 Å². The maximum absolute atomic E-state index is 6.04. The maximum Gasteiger partial charge on any atom is 0.0221 e. The van der Waals surface area contributed by atoms with Gasteiger partial charge < -0.3 is 11.1 Å². The summed E-state index contributed by atoms with van der Waals surface area (Å²) in [5.74, 6) is 0. The van der Waals surface area contributed by atoms with Crippen LogP contribution in [0.25, 0.3) is 0 Å². The highest BCUT2D eigenvalue weighted by Crippen LogP contribution is 2.23. The van der Waals surface area contributed by atoms with Crippen LogP contribution in [0.2, 0.25) is 0 Å². The Bertz CT molecular complexity index is 143. The Morgan fingerprint density at radius 1 is 0.917 bits per heavy atom. The fourth-order valence-corrected chi connectivity index (χ4v) is 2.24. The third kappa shape index (κ3) is 1.80. The summed E-state index contributed by atoms with van der Waals surface area (Å²) < 4.78 is 0. The van der Waals surface area contributed by atoms with E-state index in [2.05, 4.69) is 5.32 Å². The molecule has 0 spiro atoms. The summed E-state index contributed by atoms with van der Waals surface area (Å²) in [7, 11) is 0. The molecule has 0 saturated heterocycles. The summed E-state index contributed by atoms with van der Waals surface area (Å²) in [5.41, 5.74) is 6.04. The average molecular weight is 168 g/mol. The zero-order valence-electron chi connectivity index (χ0n) is 7.76. The van der Waals surface area contributed by atoms with Crippen LogP contribution in [0, 0.1) is 0 Å². The van der Waals surface area contributed by atoms with Crippen molar-refractivity contribution in [2.75, 3.05) is 0 Å². The highest BCUT2D eigenvalue weighted by Gasteiger charge is 2.26. The van der Waals surface area contributed by atoms with E-state index in [1.807, 2.05) is 0 Å². The zero-order chi connectivity index (χ0) is 8.39. The minimum absolute atomic E-state index is 0.430. The van der Waals surface area contributed by atoms with Gasteiger partial charge in [0.05, 0.1) is 0 Å². The van der Waals surface area contributed by atoms with E-state index in [9.17, 15) is 0 Å². The van der Waals surface area contributed by atoms with Gasteiger partial charge in [-0.2, -0.15) is 0 Å². The second kappa shape index (κ2) is 3.75. The van der Waals surface area contributed by atoms with Crippen molar-refractivity contribution in [3.05, 3.63) is 0 Å². The predicted molar refractivity (Wildman–Crippen MR) is 51.0 cm³/mol. The van der Waals surface area contributed by atoms with E-state index < -0.39 is 0 Å². The molecule has 12 heavy (non-hydrogen) atoms. The second-order valence-electron chi connectivity index (χ2n) is 4.35. The van der Waals surface area contributed by atoms with E-state index in [0.29, 0.717) is 12.1 Å². The van der Waals surface area contributed by atoms with Crippen LogP contribution in [-0.2, 0) is 0 Å². The molecule has 0 aromatic rings. The molecule has 2 saturated carbocycles. The minimum atomic E-state index is 0.430. The van der Waals surface area contributed by atoms with Gasteiger partial charge in [-0.1, -0.05) is 19.3 Å². The van der Waals surface area contributed by atoms with Gasteiger partial charge in [0.1, 0.15) is 0 Å². The van der Waals surface area contributed by atoms with Crippen LogP contribution < -0.4 is 11.1 Å². The van der Waals surface area contributed by atoms with E-state index in [1.54, 1.807) is 0 Å². The van der Waals surface area contributed by atoms with Gasteiger partial charge in [0, 0.05) is 18.1 Å². The van der Waals surface area contributed by atoms with Gasteiger partial charge in [0.25, 0.3) is 0 Å². The number of rotatable bonds is 2. The van der Waals surface area contributed by atoms with E-state index >= 15 is 0 Å². The lowest BCUT2D eigenvalue weighted by Gasteiger charge is -2.36. The van der Waals surface area contributed by atoms with E-state index in [1.165, 1.54) is 44.9 Å². The lowest BCUT2D eigenvalue weighted by molar-refractivity contribution is 0.246. The van der Waals surface area contributed by atoms with Crippen LogP contribution in [-0.4, -0.2) is 18.1 Å². The highest BCUT2D eigenvalue weighted by molar-refractivity contribution is 4.88. The zero-order valence-corrected chi connectivity index (χ0v) is 7.76. The first-order valence-electron chi connectivity index (χ1n) is 5.38. The Kier molecular flexibility index (Phi) is 2.66. The van der Waals surface area contributed by atoms with Gasteiger partial charge in [-0.15, -0.1) is 0 Å². The molecule has 3 N–H and O–H groups in total. The standard InChI is InChI=1S/C10H20N2/c11-9-6-1-2-7-10(9)12-8-4-3-5-8/h8-10,12H,1-7,11H2.